The molecule has 0 spiro atoms. The number of rotatable bonds is 1. The van der Waals surface area contributed by atoms with Crippen LogP contribution in [-0.2, 0) is 5.75 Å². The topological polar surface area (TPSA) is 44.6 Å². The molecule has 4 heterocycles. The second kappa shape index (κ2) is 6.46. The summed E-state index contributed by atoms with van der Waals surface area (Å²) < 4.78 is 0. The first-order valence-corrected chi connectivity index (χ1v) is 11.3. The number of hydrogen-bond donors (Lipinski definition) is 0. The molecule has 3 aliphatic rings. The van der Waals surface area contributed by atoms with Crippen molar-refractivity contribution >= 4 is 50.8 Å². The van der Waals surface area contributed by atoms with Gasteiger partial charge in [0.2, 0.25) is 5.95 Å². The number of piperidine rings is 1. The van der Waals surface area contributed by atoms with Gasteiger partial charge >= 0.3 is 0 Å². The highest BCUT2D eigenvalue weighted by atomic mass is 32.2. The fourth-order valence-corrected chi connectivity index (χ4v) is 5.63. The molecule has 0 saturated carbocycles. The van der Waals surface area contributed by atoms with E-state index >= 15 is 0 Å². The third-order valence-corrected chi connectivity index (χ3v) is 7.28. The molecular formula is C23H23N5S. The van der Waals surface area contributed by atoms with Crippen molar-refractivity contribution in [1.82, 2.24) is 9.97 Å². The van der Waals surface area contributed by atoms with Crippen molar-refractivity contribution in [2.45, 2.75) is 32.4 Å². The van der Waals surface area contributed by atoms with E-state index in [9.17, 15) is 0 Å². The fourth-order valence-electron chi connectivity index (χ4n) is 4.55. The fraction of sp³-hybridized carbons (Fsp3) is 0.348. The van der Waals surface area contributed by atoms with Crippen LogP contribution in [0.4, 0.5) is 23.1 Å². The molecule has 0 radical (unpaired) electrons. The number of nitrogens with zero attached hydrogens (tertiary/aromatic N) is 5. The summed E-state index contributed by atoms with van der Waals surface area (Å²) in [5, 5.41) is 3.44. The molecule has 0 atom stereocenters. The molecule has 1 fully saturated rings. The predicted octanol–water partition coefficient (Wildman–Crippen LogP) is 5.56. The van der Waals surface area contributed by atoms with Crippen LogP contribution in [0.5, 0.6) is 0 Å². The maximum Gasteiger partial charge on any atom is 0.227 e. The van der Waals surface area contributed by atoms with E-state index in [1.807, 2.05) is 0 Å². The zero-order valence-corrected chi connectivity index (χ0v) is 17.5. The van der Waals surface area contributed by atoms with Gasteiger partial charge in [0, 0.05) is 35.5 Å². The molecule has 6 rings (SSSR count). The largest absolute Gasteiger partial charge is 0.341 e. The molecule has 0 aliphatic carbocycles. The van der Waals surface area contributed by atoms with E-state index in [1.54, 1.807) is 11.8 Å². The minimum Gasteiger partial charge on any atom is -0.341 e. The third kappa shape index (κ3) is 2.65. The summed E-state index contributed by atoms with van der Waals surface area (Å²) in [6.07, 6.45) is 2.41. The van der Waals surface area contributed by atoms with Crippen molar-refractivity contribution in [3.63, 3.8) is 0 Å². The van der Waals surface area contributed by atoms with Crippen LogP contribution in [0.15, 0.2) is 41.4 Å². The Labute approximate surface area is 174 Å². The third-order valence-electron chi connectivity index (χ3n) is 6.31. The maximum atomic E-state index is 5.11. The SMILES string of the molecule is Cc1nc(N2CCC(C)CC2)nc2c1CSC1=Nc3cccc4cccc(c34)N12. The monoisotopic (exact) mass is 401 g/mol. The van der Waals surface area contributed by atoms with Crippen LogP contribution in [0, 0.1) is 12.8 Å². The second-order valence-corrected chi connectivity index (χ2v) is 9.19. The summed E-state index contributed by atoms with van der Waals surface area (Å²) in [7, 11) is 0. The van der Waals surface area contributed by atoms with Gasteiger partial charge in [0.15, 0.2) is 5.17 Å². The van der Waals surface area contributed by atoms with Crippen molar-refractivity contribution in [1.29, 1.82) is 0 Å². The highest BCUT2D eigenvalue weighted by Gasteiger charge is 2.33. The molecular weight excluding hydrogens is 378 g/mol. The van der Waals surface area contributed by atoms with Gasteiger partial charge in [-0.15, -0.1) is 0 Å². The number of thioether (sulfide) groups is 1. The molecule has 1 saturated heterocycles. The molecule has 0 unspecified atom stereocenters. The minimum atomic E-state index is 0.788. The summed E-state index contributed by atoms with van der Waals surface area (Å²) in [5.41, 5.74) is 4.53. The smallest absolute Gasteiger partial charge is 0.227 e. The lowest BCUT2D eigenvalue weighted by Gasteiger charge is -2.36. The van der Waals surface area contributed by atoms with E-state index in [4.69, 9.17) is 15.0 Å². The van der Waals surface area contributed by atoms with Crippen molar-refractivity contribution in [2.75, 3.05) is 22.9 Å². The lowest BCUT2D eigenvalue weighted by Crippen LogP contribution is -2.36. The molecule has 3 aliphatic heterocycles. The Morgan fingerprint density at radius 1 is 1.03 bits per heavy atom. The predicted molar refractivity (Wildman–Crippen MR) is 122 cm³/mol. The molecule has 2 aromatic carbocycles. The first-order chi connectivity index (χ1) is 14.2. The number of aliphatic imine (C=N–C) groups is 1. The Hall–Kier alpha value is -2.60. The Bertz CT molecular complexity index is 1160. The number of fused-ring (bicyclic) bond motifs is 4. The zero-order valence-electron chi connectivity index (χ0n) is 16.7. The zero-order chi connectivity index (χ0) is 19.5. The molecule has 29 heavy (non-hydrogen) atoms. The normalized spacial score (nSPS) is 18.5. The average molecular weight is 402 g/mol. The van der Waals surface area contributed by atoms with E-state index in [0.29, 0.717) is 0 Å². The van der Waals surface area contributed by atoms with Crippen molar-refractivity contribution < 1.29 is 0 Å². The molecule has 0 bridgehead atoms. The van der Waals surface area contributed by atoms with Gasteiger partial charge in [-0.05, 0) is 43.2 Å². The number of hydrogen-bond acceptors (Lipinski definition) is 6. The molecule has 1 aromatic heterocycles. The second-order valence-electron chi connectivity index (χ2n) is 8.25. The van der Waals surface area contributed by atoms with E-state index in [0.717, 1.165) is 53.1 Å². The van der Waals surface area contributed by atoms with Crippen LogP contribution in [0.25, 0.3) is 10.8 Å². The molecule has 146 valence electrons. The van der Waals surface area contributed by atoms with Gasteiger partial charge in [-0.1, -0.05) is 43.0 Å². The van der Waals surface area contributed by atoms with Crippen LogP contribution in [-0.4, -0.2) is 28.2 Å². The van der Waals surface area contributed by atoms with Gasteiger partial charge in [0.25, 0.3) is 0 Å². The van der Waals surface area contributed by atoms with Gasteiger partial charge in [0.05, 0.1) is 11.4 Å². The number of anilines is 3. The van der Waals surface area contributed by atoms with Crippen molar-refractivity contribution in [3.05, 3.63) is 47.7 Å². The van der Waals surface area contributed by atoms with Gasteiger partial charge in [-0.25, -0.2) is 9.98 Å². The number of aryl methyl sites for hydroxylation is 1. The Balaban J connectivity index is 1.53. The summed E-state index contributed by atoms with van der Waals surface area (Å²) >= 11 is 1.78. The number of amidine groups is 1. The van der Waals surface area contributed by atoms with E-state index in [-0.39, 0.29) is 0 Å². The van der Waals surface area contributed by atoms with Crippen molar-refractivity contribution in [3.8, 4) is 0 Å². The molecule has 5 nitrogen and oxygen atoms in total. The first kappa shape index (κ1) is 17.3. The van der Waals surface area contributed by atoms with Crippen LogP contribution in [0.2, 0.25) is 0 Å². The van der Waals surface area contributed by atoms with E-state index in [1.165, 1.54) is 34.9 Å². The standard InChI is InChI=1S/C23H23N5S/c1-14-9-11-27(12-10-14)22-24-15(2)17-13-29-23-25-18-7-3-5-16-6-4-8-19(20(16)18)28(23)21(17)26-22/h3-8,14H,9-13H2,1-2H3. The maximum absolute atomic E-state index is 5.11. The van der Waals surface area contributed by atoms with Gasteiger partial charge in [-0.3, -0.25) is 4.90 Å². The quantitative estimate of drug-likeness (QED) is 0.534. The average Bonchev–Trinajstić information content (AvgIpc) is 2.74. The molecule has 0 amide bonds. The van der Waals surface area contributed by atoms with Gasteiger partial charge in [-0.2, -0.15) is 4.98 Å². The first-order valence-electron chi connectivity index (χ1n) is 10.3. The summed E-state index contributed by atoms with van der Waals surface area (Å²) in [6.45, 7) is 6.53. The molecule has 6 heteroatoms. The van der Waals surface area contributed by atoms with Crippen LogP contribution in [0.1, 0.15) is 31.0 Å². The number of aromatic nitrogens is 2. The molecule has 3 aromatic rings. The minimum absolute atomic E-state index is 0.788. The van der Waals surface area contributed by atoms with E-state index in [2.05, 4.69) is 60.0 Å². The Kier molecular flexibility index (Phi) is 3.85. The molecule has 0 N–H and O–H groups in total. The van der Waals surface area contributed by atoms with Crippen LogP contribution >= 0.6 is 11.8 Å². The van der Waals surface area contributed by atoms with Gasteiger partial charge < -0.3 is 4.90 Å². The Morgan fingerprint density at radius 2 is 1.83 bits per heavy atom. The highest BCUT2D eigenvalue weighted by molar-refractivity contribution is 8.13. The van der Waals surface area contributed by atoms with Crippen molar-refractivity contribution in [2.24, 2.45) is 10.9 Å². The summed E-state index contributed by atoms with van der Waals surface area (Å²) in [6, 6.07) is 12.8. The lowest BCUT2D eigenvalue weighted by atomic mass is 10.00. The van der Waals surface area contributed by atoms with Crippen LogP contribution in [0.3, 0.4) is 0 Å². The number of benzene rings is 2. The summed E-state index contributed by atoms with van der Waals surface area (Å²) in [5.74, 6) is 3.53. The van der Waals surface area contributed by atoms with Crippen LogP contribution < -0.4 is 9.80 Å². The van der Waals surface area contributed by atoms with E-state index < -0.39 is 0 Å². The lowest BCUT2D eigenvalue weighted by molar-refractivity contribution is 0.434. The summed E-state index contributed by atoms with van der Waals surface area (Å²) in [4.78, 5) is 19.6. The highest BCUT2D eigenvalue weighted by Crippen LogP contribution is 2.47. The Morgan fingerprint density at radius 3 is 2.66 bits per heavy atom. The van der Waals surface area contributed by atoms with Gasteiger partial charge in [0.1, 0.15) is 5.82 Å².